The van der Waals surface area contributed by atoms with E-state index in [-0.39, 0.29) is 0 Å². The number of nitrogens with zero attached hydrogens (tertiary/aromatic N) is 2. The minimum atomic E-state index is 0.753. The van der Waals surface area contributed by atoms with Gasteiger partial charge in [0.2, 0.25) is 0 Å². The molecule has 0 unspecified atom stereocenters. The highest BCUT2D eigenvalue weighted by molar-refractivity contribution is 7.71. The van der Waals surface area contributed by atoms with Crippen LogP contribution in [0.1, 0.15) is 19.8 Å². The number of pyridine rings is 1. The molecule has 5 heteroatoms. The van der Waals surface area contributed by atoms with Crippen LogP contribution in [-0.4, -0.2) is 27.7 Å². The zero-order valence-corrected chi connectivity index (χ0v) is 10.8. The number of nitrogens with one attached hydrogen (secondary N) is 1. The lowest BCUT2D eigenvalue weighted by molar-refractivity contribution is 0.129. The summed E-state index contributed by atoms with van der Waals surface area (Å²) >= 11 is 5.29. The van der Waals surface area contributed by atoms with Gasteiger partial charge in [-0.3, -0.25) is 4.98 Å². The topological polar surface area (TPSA) is 42.8 Å². The third-order valence-corrected chi connectivity index (χ3v) is 2.92. The van der Waals surface area contributed by atoms with Gasteiger partial charge in [0.25, 0.3) is 0 Å². The Hall–Kier alpha value is -1.20. The normalized spacial score (nSPS) is 11.1. The van der Waals surface area contributed by atoms with E-state index in [1.54, 1.807) is 12.4 Å². The predicted octanol–water partition coefficient (Wildman–Crippen LogP) is 2.91. The van der Waals surface area contributed by atoms with Gasteiger partial charge in [0.1, 0.15) is 0 Å². The van der Waals surface area contributed by atoms with Crippen LogP contribution in [0.15, 0.2) is 18.5 Å². The number of fused-ring (bicyclic) bond motifs is 1. The molecule has 0 amide bonds. The quantitative estimate of drug-likeness (QED) is 0.634. The van der Waals surface area contributed by atoms with Gasteiger partial charge in [0.05, 0.1) is 17.2 Å². The summed E-state index contributed by atoms with van der Waals surface area (Å²) in [7, 11) is 0. The summed E-state index contributed by atoms with van der Waals surface area (Å²) < 4.78 is 8.32. The lowest BCUT2D eigenvalue weighted by Gasteiger charge is -2.05. The van der Waals surface area contributed by atoms with Crippen LogP contribution in [0.4, 0.5) is 0 Å². The molecule has 0 aliphatic carbocycles. The van der Waals surface area contributed by atoms with Gasteiger partial charge in [-0.2, -0.15) is 0 Å². The van der Waals surface area contributed by atoms with Gasteiger partial charge in [0, 0.05) is 26.0 Å². The smallest absolute Gasteiger partial charge is 0.178 e. The molecule has 0 radical (unpaired) electrons. The highest BCUT2D eigenvalue weighted by atomic mass is 32.1. The average Bonchev–Trinajstić information content (AvgIpc) is 2.65. The summed E-state index contributed by atoms with van der Waals surface area (Å²) in [6.07, 6.45) is 5.63. The largest absolute Gasteiger partial charge is 0.381 e. The first-order chi connectivity index (χ1) is 8.33. The number of hydrogen-bond donors (Lipinski definition) is 1. The molecule has 0 saturated carbocycles. The molecule has 0 spiro atoms. The lowest BCUT2D eigenvalue weighted by atomic mass is 10.4. The fourth-order valence-electron chi connectivity index (χ4n) is 1.80. The van der Waals surface area contributed by atoms with Gasteiger partial charge >= 0.3 is 0 Å². The molecular formula is C12H17N3OS. The molecule has 92 valence electrons. The first-order valence-electron chi connectivity index (χ1n) is 5.93. The SMILES string of the molecule is CCCOCCCn1c(=S)[nH]c2cnccc21. The summed E-state index contributed by atoms with van der Waals surface area (Å²) in [6.45, 7) is 4.62. The van der Waals surface area contributed by atoms with Crippen molar-refractivity contribution in [2.45, 2.75) is 26.3 Å². The summed E-state index contributed by atoms with van der Waals surface area (Å²) in [4.78, 5) is 7.23. The van der Waals surface area contributed by atoms with Gasteiger partial charge in [-0.15, -0.1) is 0 Å². The number of aryl methyl sites for hydroxylation is 1. The Labute approximate surface area is 106 Å². The Bertz CT molecular complexity index is 532. The zero-order valence-electron chi connectivity index (χ0n) is 9.98. The zero-order chi connectivity index (χ0) is 12.1. The molecule has 0 bridgehead atoms. The number of hydrogen-bond acceptors (Lipinski definition) is 3. The molecule has 2 aromatic heterocycles. The van der Waals surface area contributed by atoms with E-state index < -0.39 is 0 Å². The molecule has 2 rings (SSSR count). The van der Waals surface area contributed by atoms with Crippen molar-refractivity contribution >= 4 is 23.3 Å². The molecular weight excluding hydrogens is 234 g/mol. The molecule has 2 heterocycles. The van der Waals surface area contributed by atoms with Crippen LogP contribution in [0.2, 0.25) is 0 Å². The van der Waals surface area contributed by atoms with E-state index in [2.05, 4.69) is 21.5 Å². The van der Waals surface area contributed by atoms with Crippen LogP contribution in [0.5, 0.6) is 0 Å². The fourth-order valence-corrected chi connectivity index (χ4v) is 2.10. The Kier molecular flexibility index (Phi) is 4.28. The Morgan fingerprint density at radius 2 is 2.35 bits per heavy atom. The molecule has 17 heavy (non-hydrogen) atoms. The highest BCUT2D eigenvalue weighted by Gasteiger charge is 2.03. The minimum Gasteiger partial charge on any atom is -0.381 e. The number of ether oxygens (including phenoxy) is 1. The molecule has 0 fully saturated rings. The number of aromatic amines is 1. The van der Waals surface area contributed by atoms with Crippen molar-refractivity contribution in [3.63, 3.8) is 0 Å². The number of imidazole rings is 1. The van der Waals surface area contributed by atoms with E-state index >= 15 is 0 Å². The fraction of sp³-hybridized carbons (Fsp3) is 0.500. The van der Waals surface area contributed by atoms with Crippen LogP contribution in [-0.2, 0) is 11.3 Å². The first-order valence-corrected chi connectivity index (χ1v) is 6.34. The molecule has 4 nitrogen and oxygen atoms in total. The van der Waals surface area contributed by atoms with E-state index in [1.165, 1.54) is 0 Å². The molecule has 0 aromatic carbocycles. The Balaban J connectivity index is 2.03. The van der Waals surface area contributed by atoms with E-state index in [4.69, 9.17) is 17.0 Å². The van der Waals surface area contributed by atoms with E-state index in [0.29, 0.717) is 0 Å². The first kappa shape index (κ1) is 12.3. The maximum Gasteiger partial charge on any atom is 0.178 e. The monoisotopic (exact) mass is 251 g/mol. The number of aromatic nitrogens is 3. The van der Waals surface area contributed by atoms with Crippen LogP contribution in [0.3, 0.4) is 0 Å². The summed E-state index contributed by atoms with van der Waals surface area (Å²) in [5.41, 5.74) is 2.10. The molecule has 0 atom stereocenters. The van der Waals surface area contributed by atoms with E-state index in [1.807, 2.05) is 6.07 Å². The van der Waals surface area contributed by atoms with Crippen LogP contribution >= 0.6 is 12.2 Å². The summed E-state index contributed by atoms with van der Waals surface area (Å²) in [6, 6.07) is 1.98. The minimum absolute atomic E-state index is 0.753. The number of rotatable bonds is 6. The maximum atomic E-state index is 5.46. The second-order valence-electron chi connectivity index (χ2n) is 3.94. The second kappa shape index (κ2) is 5.93. The molecule has 2 aromatic rings. The standard InChI is InChI=1S/C12H17N3OS/c1-2-7-16-8-3-6-15-11-4-5-13-9-10(11)14-12(15)17/h4-5,9H,2-3,6-8H2,1H3,(H,14,17). The van der Waals surface area contributed by atoms with Crippen LogP contribution in [0, 0.1) is 4.77 Å². The van der Waals surface area contributed by atoms with Crippen molar-refractivity contribution < 1.29 is 4.74 Å². The van der Waals surface area contributed by atoms with Gasteiger partial charge < -0.3 is 14.3 Å². The van der Waals surface area contributed by atoms with Crippen molar-refractivity contribution in [1.82, 2.24) is 14.5 Å². The third kappa shape index (κ3) is 2.92. The van der Waals surface area contributed by atoms with Gasteiger partial charge in [-0.25, -0.2) is 0 Å². The van der Waals surface area contributed by atoms with Crippen molar-refractivity contribution in [1.29, 1.82) is 0 Å². The van der Waals surface area contributed by atoms with Crippen molar-refractivity contribution in [2.24, 2.45) is 0 Å². The molecule has 0 aliphatic heterocycles. The molecule has 1 N–H and O–H groups in total. The Morgan fingerprint density at radius 3 is 3.18 bits per heavy atom. The van der Waals surface area contributed by atoms with Gasteiger partial charge in [0.15, 0.2) is 4.77 Å². The third-order valence-electron chi connectivity index (χ3n) is 2.59. The van der Waals surface area contributed by atoms with Gasteiger partial charge in [-0.1, -0.05) is 6.92 Å². The number of H-pyrrole nitrogens is 1. The summed E-state index contributed by atoms with van der Waals surface area (Å²) in [5, 5.41) is 0. The lowest BCUT2D eigenvalue weighted by Crippen LogP contribution is -2.03. The van der Waals surface area contributed by atoms with E-state index in [0.717, 1.165) is 48.4 Å². The summed E-state index contributed by atoms with van der Waals surface area (Å²) in [5.74, 6) is 0. The predicted molar refractivity (Wildman–Crippen MR) is 70.6 cm³/mol. The van der Waals surface area contributed by atoms with Crippen molar-refractivity contribution in [3.8, 4) is 0 Å². The van der Waals surface area contributed by atoms with E-state index in [9.17, 15) is 0 Å². The second-order valence-corrected chi connectivity index (χ2v) is 4.33. The average molecular weight is 251 g/mol. The molecule has 0 aliphatic rings. The highest BCUT2D eigenvalue weighted by Crippen LogP contribution is 2.12. The van der Waals surface area contributed by atoms with Crippen molar-refractivity contribution in [3.05, 3.63) is 23.2 Å². The molecule has 0 saturated heterocycles. The van der Waals surface area contributed by atoms with Crippen LogP contribution < -0.4 is 0 Å². The van der Waals surface area contributed by atoms with Crippen molar-refractivity contribution in [2.75, 3.05) is 13.2 Å². The van der Waals surface area contributed by atoms with Crippen LogP contribution in [0.25, 0.3) is 11.0 Å². The Morgan fingerprint density at radius 1 is 1.47 bits per heavy atom. The maximum absolute atomic E-state index is 5.46. The van der Waals surface area contributed by atoms with Gasteiger partial charge in [-0.05, 0) is 31.1 Å².